The number of nitrogens with one attached hydrogen (secondary N) is 1. The van der Waals surface area contributed by atoms with Crippen LogP contribution in [0.1, 0.15) is 22.0 Å². The van der Waals surface area contributed by atoms with Crippen molar-refractivity contribution < 1.29 is 19.8 Å². The normalized spacial score (nSPS) is 17.0. The second-order valence-corrected chi connectivity index (χ2v) is 3.61. The van der Waals surface area contributed by atoms with Gasteiger partial charge in [0.15, 0.2) is 6.10 Å². The van der Waals surface area contributed by atoms with Crippen LogP contribution < -0.4 is 5.32 Å². The van der Waals surface area contributed by atoms with Gasteiger partial charge in [-0.25, -0.2) is 0 Å². The molecule has 0 saturated heterocycles. The van der Waals surface area contributed by atoms with Crippen molar-refractivity contribution in [2.24, 2.45) is 0 Å². The van der Waals surface area contributed by atoms with E-state index in [1.54, 1.807) is 0 Å². The van der Waals surface area contributed by atoms with Crippen LogP contribution in [0.25, 0.3) is 0 Å². The van der Waals surface area contributed by atoms with Gasteiger partial charge in [-0.05, 0) is 17.7 Å². The number of nitriles is 1. The monoisotopic (exact) mass is 232 g/mol. The first-order chi connectivity index (χ1) is 8.04. The fourth-order valence-corrected chi connectivity index (χ4v) is 1.60. The van der Waals surface area contributed by atoms with Crippen molar-refractivity contribution in [2.75, 3.05) is 5.32 Å². The average Bonchev–Trinajstić information content (AvgIpc) is 2.63. The van der Waals surface area contributed by atoms with Crippen LogP contribution >= 0.6 is 0 Å². The Morgan fingerprint density at radius 2 is 2.00 bits per heavy atom. The number of carbonyl (C=O) groups is 2. The molecule has 1 aromatic rings. The number of aliphatic hydroxyl groups is 2. The van der Waals surface area contributed by atoms with Gasteiger partial charge in [-0.2, -0.15) is 5.26 Å². The van der Waals surface area contributed by atoms with Gasteiger partial charge < -0.3 is 15.5 Å². The van der Waals surface area contributed by atoms with Crippen LogP contribution in [0.15, 0.2) is 18.2 Å². The number of nitrogens with zero attached hydrogens (tertiary/aromatic N) is 1. The molecule has 17 heavy (non-hydrogen) atoms. The van der Waals surface area contributed by atoms with Gasteiger partial charge in [0.2, 0.25) is 0 Å². The number of rotatable bonds is 2. The minimum atomic E-state index is -1.58. The van der Waals surface area contributed by atoms with Crippen molar-refractivity contribution in [3.8, 4) is 6.07 Å². The third kappa shape index (κ3) is 1.78. The number of fused-ring (bicyclic) bond motifs is 1. The maximum atomic E-state index is 11.4. The van der Waals surface area contributed by atoms with E-state index in [0.717, 1.165) is 0 Å². The number of anilines is 1. The van der Waals surface area contributed by atoms with E-state index in [-0.39, 0.29) is 11.1 Å². The number of benzene rings is 1. The molecule has 1 aliphatic rings. The molecule has 0 saturated carbocycles. The topological polar surface area (TPSA) is 110 Å². The minimum Gasteiger partial charge on any atom is -0.385 e. The van der Waals surface area contributed by atoms with Gasteiger partial charge in [0.05, 0.1) is 17.3 Å². The number of Topliss-reactive ketones (excluding diaryl/α,β-unsaturated/α-hetero) is 1. The SMILES string of the molecule is N#CC(O)C(O)c1ccc2c(c1)C(=O)C(=O)N2. The van der Waals surface area contributed by atoms with Gasteiger partial charge in [-0.15, -0.1) is 0 Å². The Labute approximate surface area is 96.1 Å². The summed E-state index contributed by atoms with van der Waals surface area (Å²) in [5.41, 5.74) is 0.710. The molecule has 2 atom stereocenters. The molecule has 0 spiro atoms. The van der Waals surface area contributed by atoms with Gasteiger partial charge in [-0.1, -0.05) is 6.07 Å². The molecule has 2 rings (SSSR count). The van der Waals surface area contributed by atoms with Gasteiger partial charge in [0.1, 0.15) is 6.10 Å². The molecule has 0 aromatic heterocycles. The van der Waals surface area contributed by atoms with Crippen LogP contribution in [-0.2, 0) is 4.79 Å². The largest absolute Gasteiger partial charge is 0.385 e. The van der Waals surface area contributed by atoms with Gasteiger partial charge in [-0.3, -0.25) is 9.59 Å². The molecular formula is C11H8N2O4. The summed E-state index contributed by atoms with van der Waals surface area (Å²) in [5, 5.41) is 29.6. The number of ketones is 1. The fraction of sp³-hybridized carbons (Fsp3) is 0.182. The Hall–Kier alpha value is -2.23. The summed E-state index contributed by atoms with van der Waals surface area (Å²) >= 11 is 0. The summed E-state index contributed by atoms with van der Waals surface area (Å²) in [4.78, 5) is 22.5. The number of aliphatic hydroxyl groups excluding tert-OH is 2. The molecule has 3 N–H and O–H groups in total. The van der Waals surface area contributed by atoms with Crippen LogP contribution in [0.2, 0.25) is 0 Å². The standard InChI is InChI=1S/C11H8N2O4/c12-4-8(14)9(15)5-1-2-7-6(3-5)10(16)11(17)13-7/h1-3,8-9,14-15H,(H,13,16,17). The molecule has 2 unspecified atom stereocenters. The molecule has 1 aromatic carbocycles. The second kappa shape index (κ2) is 3.97. The lowest BCUT2D eigenvalue weighted by molar-refractivity contribution is -0.112. The predicted molar refractivity (Wildman–Crippen MR) is 56.0 cm³/mol. The van der Waals surface area contributed by atoms with Crippen LogP contribution in [0.5, 0.6) is 0 Å². The van der Waals surface area contributed by atoms with Gasteiger partial charge in [0, 0.05) is 0 Å². The molecule has 0 aliphatic carbocycles. The van der Waals surface area contributed by atoms with Gasteiger partial charge >= 0.3 is 0 Å². The van der Waals surface area contributed by atoms with E-state index in [4.69, 9.17) is 10.4 Å². The minimum absolute atomic E-state index is 0.136. The molecule has 1 aliphatic heterocycles. The highest BCUT2D eigenvalue weighted by atomic mass is 16.3. The van der Waals surface area contributed by atoms with E-state index in [2.05, 4.69) is 5.32 Å². The summed E-state index contributed by atoms with van der Waals surface area (Å²) in [5.74, 6) is -1.42. The first kappa shape index (κ1) is 11.3. The van der Waals surface area contributed by atoms with E-state index in [9.17, 15) is 14.7 Å². The van der Waals surface area contributed by atoms with E-state index in [1.807, 2.05) is 0 Å². The van der Waals surface area contributed by atoms with Crippen LogP contribution in [0.3, 0.4) is 0 Å². The van der Waals surface area contributed by atoms with Crippen molar-refractivity contribution in [1.29, 1.82) is 5.26 Å². The van der Waals surface area contributed by atoms with E-state index < -0.39 is 23.9 Å². The lowest BCUT2D eigenvalue weighted by atomic mass is 10.0. The van der Waals surface area contributed by atoms with Crippen LogP contribution in [0, 0.1) is 11.3 Å². The highest BCUT2D eigenvalue weighted by molar-refractivity contribution is 6.51. The first-order valence-electron chi connectivity index (χ1n) is 4.80. The highest BCUT2D eigenvalue weighted by Gasteiger charge is 2.29. The lowest BCUT2D eigenvalue weighted by Gasteiger charge is -2.12. The average molecular weight is 232 g/mol. The zero-order chi connectivity index (χ0) is 12.6. The first-order valence-corrected chi connectivity index (χ1v) is 4.80. The number of carbonyl (C=O) groups excluding carboxylic acids is 2. The Bertz CT molecular complexity index is 547. The summed E-state index contributed by atoms with van der Waals surface area (Å²) in [6, 6.07) is 5.66. The van der Waals surface area contributed by atoms with Crippen LogP contribution in [-0.4, -0.2) is 28.0 Å². The Balaban J connectivity index is 2.39. The number of hydrogen-bond acceptors (Lipinski definition) is 5. The molecule has 6 nitrogen and oxygen atoms in total. The quantitative estimate of drug-likeness (QED) is 0.480. The zero-order valence-corrected chi connectivity index (χ0v) is 8.54. The van der Waals surface area contributed by atoms with E-state index >= 15 is 0 Å². The van der Waals surface area contributed by atoms with Crippen molar-refractivity contribution in [1.82, 2.24) is 0 Å². The zero-order valence-electron chi connectivity index (χ0n) is 8.54. The van der Waals surface area contributed by atoms with Crippen molar-refractivity contribution >= 4 is 17.4 Å². The molecule has 0 radical (unpaired) electrons. The van der Waals surface area contributed by atoms with Crippen molar-refractivity contribution in [3.63, 3.8) is 0 Å². The van der Waals surface area contributed by atoms with Crippen molar-refractivity contribution in [3.05, 3.63) is 29.3 Å². The molecule has 6 heteroatoms. The van der Waals surface area contributed by atoms with Crippen LogP contribution in [0.4, 0.5) is 5.69 Å². The fourth-order valence-electron chi connectivity index (χ4n) is 1.60. The van der Waals surface area contributed by atoms with E-state index in [1.165, 1.54) is 24.3 Å². The molecule has 86 valence electrons. The second-order valence-electron chi connectivity index (χ2n) is 3.61. The summed E-state index contributed by atoms with van der Waals surface area (Å²) in [6.07, 6.45) is -2.98. The maximum Gasteiger partial charge on any atom is 0.296 e. The van der Waals surface area contributed by atoms with E-state index in [0.29, 0.717) is 5.69 Å². The Morgan fingerprint density at radius 1 is 1.29 bits per heavy atom. The summed E-state index contributed by atoms with van der Waals surface area (Å²) in [6.45, 7) is 0. The molecule has 0 fully saturated rings. The van der Waals surface area contributed by atoms with Crippen molar-refractivity contribution in [2.45, 2.75) is 12.2 Å². The number of hydrogen-bond donors (Lipinski definition) is 3. The molecule has 0 bridgehead atoms. The smallest absolute Gasteiger partial charge is 0.296 e. The molecular weight excluding hydrogens is 224 g/mol. The summed E-state index contributed by atoms with van der Waals surface area (Å²) in [7, 11) is 0. The summed E-state index contributed by atoms with van der Waals surface area (Å²) < 4.78 is 0. The Kier molecular flexibility index (Phi) is 2.63. The Morgan fingerprint density at radius 3 is 2.65 bits per heavy atom. The maximum absolute atomic E-state index is 11.4. The highest BCUT2D eigenvalue weighted by Crippen LogP contribution is 2.27. The lowest BCUT2D eigenvalue weighted by Crippen LogP contribution is -2.16. The van der Waals surface area contributed by atoms with Gasteiger partial charge in [0.25, 0.3) is 11.7 Å². The predicted octanol–water partition coefficient (Wildman–Crippen LogP) is -0.261. The molecule has 1 amide bonds. The third-order valence-electron chi connectivity index (χ3n) is 2.52. The third-order valence-corrected chi connectivity index (χ3v) is 2.52. The molecule has 1 heterocycles. The number of amides is 1.